The SMILES string of the molecule is CCC1(CC)CN(Cc2ccc(Cl)cc2)C(C2CC2)CN1. The van der Waals surface area contributed by atoms with Gasteiger partial charge in [-0.1, -0.05) is 37.6 Å². The number of nitrogens with zero attached hydrogens (tertiary/aromatic N) is 1. The standard InChI is InChI=1S/C18H27ClN2/c1-3-18(4-2)13-21(17(11-20-18)15-7-8-15)12-14-5-9-16(19)10-6-14/h5-6,9-10,15,17,20H,3-4,7-8,11-13H2,1-2H3. The normalized spacial score (nSPS) is 26.0. The van der Waals surface area contributed by atoms with Crippen LogP contribution in [-0.4, -0.2) is 29.6 Å². The summed E-state index contributed by atoms with van der Waals surface area (Å²) in [5, 5.41) is 4.69. The van der Waals surface area contributed by atoms with Crippen LogP contribution in [0.2, 0.25) is 5.02 Å². The summed E-state index contributed by atoms with van der Waals surface area (Å²) in [4.78, 5) is 2.73. The number of hydrogen-bond donors (Lipinski definition) is 1. The third-order valence-corrected chi connectivity index (χ3v) is 5.73. The summed E-state index contributed by atoms with van der Waals surface area (Å²) in [6, 6.07) is 9.09. The van der Waals surface area contributed by atoms with E-state index in [1.807, 2.05) is 12.1 Å². The van der Waals surface area contributed by atoms with Gasteiger partial charge in [0.15, 0.2) is 0 Å². The highest BCUT2D eigenvalue weighted by Gasteiger charge is 2.42. The van der Waals surface area contributed by atoms with Crippen molar-refractivity contribution in [3.63, 3.8) is 0 Å². The Balaban J connectivity index is 1.75. The minimum absolute atomic E-state index is 0.303. The fourth-order valence-corrected chi connectivity index (χ4v) is 3.80. The molecule has 1 heterocycles. The molecule has 2 nitrogen and oxygen atoms in total. The lowest BCUT2D eigenvalue weighted by Crippen LogP contribution is -2.64. The van der Waals surface area contributed by atoms with Crippen LogP contribution in [0.5, 0.6) is 0 Å². The maximum absolute atomic E-state index is 6.01. The fraction of sp³-hybridized carbons (Fsp3) is 0.667. The first kappa shape index (κ1) is 15.3. The van der Waals surface area contributed by atoms with E-state index < -0.39 is 0 Å². The Hall–Kier alpha value is -0.570. The van der Waals surface area contributed by atoms with Crippen LogP contribution in [0.15, 0.2) is 24.3 Å². The van der Waals surface area contributed by atoms with Gasteiger partial charge < -0.3 is 5.32 Å². The second-order valence-corrected chi connectivity index (χ2v) is 7.24. The van der Waals surface area contributed by atoms with Crippen molar-refractivity contribution >= 4 is 11.6 Å². The van der Waals surface area contributed by atoms with E-state index in [0.717, 1.165) is 24.0 Å². The van der Waals surface area contributed by atoms with Crippen molar-refractivity contribution in [2.24, 2.45) is 5.92 Å². The molecule has 1 unspecified atom stereocenters. The van der Waals surface area contributed by atoms with Gasteiger partial charge in [-0.05, 0) is 49.3 Å². The maximum Gasteiger partial charge on any atom is 0.0406 e. The van der Waals surface area contributed by atoms with Crippen LogP contribution in [0.4, 0.5) is 0 Å². The highest BCUT2D eigenvalue weighted by molar-refractivity contribution is 6.30. The topological polar surface area (TPSA) is 15.3 Å². The van der Waals surface area contributed by atoms with Crippen LogP contribution in [0.25, 0.3) is 0 Å². The largest absolute Gasteiger partial charge is 0.308 e. The number of piperazine rings is 1. The Bertz CT molecular complexity index is 463. The van der Waals surface area contributed by atoms with Gasteiger partial charge in [0.2, 0.25) is 0 Å². The molecular formula is C18H27ClN2. The van der Waals surface area contributed by atoms with Crippen LogP contribution in [0.3, 0.4) is 0 Å². The molecule has 1 aliphatic heterocycles. The van der Waals surface area contributed by atoms with Crippen molar-refractivity contribution in [3.05, 3.63) is 34.9 Å². The lowest BCUT2D eigenvalue weighted by atomic mass is 9.87. The van der Waals surface area contributed by atoms with Crippen molar-refractivity contribution in [2.75, 3.05) is 13.1 Å². The zero-order valence-corrected chi connectivity index (χ0v) is 14.0. The van der Waals surface area contributed by atoms with E-state index in [0.29, 0.717) is 11.6 Å². The summed E-state index contributed by atoms with van der Waals surface area (Å²) in [6.07, 6.45) is 5.24. The molecule has 116 valence electrons. The highest BCUT2D eigenvalue weighted by Crippen LogP contribution is 2.38. The molecule has 21 heavy (non-hydrogen) atoms. The molecule has 2 aliphatic rings. The van der Waals surface area contributed by atoms with E-state index in [4.69, 9.17) is 11.6 Å². The first-order chi connectivity index (χ1) is 10.2. The Morgan fingerprint density at radius 3 is 2.43 bits per heavy atom. The Kier molecular flexibility index (Phi) is 4.58. The third-order valence-electron chi connectivity index (χ3n) is 5.48. The molecule has 1 atom stereocenters. The molecule has 1 aromatic carbocycles. The zero-order valence-electron chi connectivity index (χ0n) is 13.2. The number of rotatable bonds is 5. The van der Waals surface area contributed by atoms with Crippen molar-refractivity contribution in [1.82, 2.24) is 10.2 Å². The monoisotopic (exact) mass is 306 g/mol. The minimum Gasteiger partial charge on any atom is -0.308 e. The molecule has 3 rings (SSSR count). The molecule has 0 bridgehead atoms. The second kappa shape index (κ2) is 6.28. The molecule has 1 aromatic rings. The summed E-state index contributed by atoms with van der Waals surface area (Å²) < 4.78 is 0. The molecule has 3 heteroatoms. The van der Waals surface area contributed by atoms with E-state index in [9.17, 15) is 0 Å². The van der Waals surface area contributed by atoms with E-state index in [2.05, 4.69) is 36.2 Å². The van der Waals surface area contributed by atoms with Gasteiger partial charge in [0.1, 0.15) is 0 Å². The molecular weight excluding hydrogens is 280 g/mol. The van der Waals surface area contributed by atoms with Gasteiger partial charge in [-0.2, -0.15) is 0 Å². The van der Waals surface area contributed by atoms with E-state index in [-0.39, 0.29) is 0 Å². The van der Waals surface area contributed by atoms with E-state index in [1.54, 1.807) is 0 Å². The van der Waals surface area contributed by atoms with Gasteiger partial charge in [0.25, 0.3) is 0 Å². The van der Waals surface area contributed by atoms with E-state index in [1.165, 1.54) is 37.8 Å². The van der Waals surface area contributed by atoms with Gasteiger partial charge in [-0.25, -0.2) is 0 Å². The average Bonchev–Trinajstić information content (AvgIpc) is 3.34. The first-order valence-corrected chi connectivity index (χ1v) is 8.77. The van der Waals surface area contributed by atoms with E-state index >= 15 is 0 Å². The third kappa shape index (κ3) is 3.44. The van der Waals surface area contributed by atoms with Crippen LogP contribution in [0.1, 0.15) is 45.1 Å². The quantitative estimate of drug-likeness (QED) is 0.881. The van der Waals surface area contributed by atoms with Crippen LogP contribution in [-0.2, 0) is 6.54 Å². The lowest BCUT2D eigenvalue weighted by molar-refractivity contribution is 0.0557. The van der Waals surface area contributed by atoms with Gasteiger partial charge in [0.05, 0.1) is 0 Å². The predicted molar refractivity (Wildman–Crippen MR) is 89.7 cm³/mol. The molecule has 1 saturated heterocycles. The lowest BCUT2D eigenvalue weighted by Gasteiger charge is -2.48. The number of hydrogen-bond acceptors (Lipinski definition) is 2. The molecule has 1 N–H and O–H groups in total. The molecule has 0 aromatic heterocycles. The first-order valence-electron chi connectivity index (χ1n) is 8.39. The van der Waals surface area contributed by atoms with Gasteiger partial charge in [-0.3, -0.25) is 4.90 Å². The Morgan fingerprint density at radius 1 is 1.19 bits per heavy atom. The van der Waals surface area contributed by atoms with Crippen LogP contribution in [0, 0.1) is 5.92 Å². The predicted octanol–water partition coefficient (Wildman–Crippen LogP) is 4.08. The summed E-state index contributed by atoms with van der Waals surface area (Å²) in [6.45, 7) is 8.01. The molecule has 1 aliphatic carbocycles. The number of nitrogens with one attached hydrogen (secondary N) is 1. The second-order valence-electron chi connectivity index (χ2n) is 6.80. The van der Waals surface area contributed by atoms with Gasteiger partial charge >= 0.3 is 0 Å². The molecule has 0 radical (unpaired) electrons. The molecule has 1 saturated carbocycles. The highest BCUT2D eigenvalue weighted by atomic mass is 35.5. The fourth-order valence-electron chi connectivity index (χ4n) is 3.68. The Labute approximate surface area is 133 Å². The van der Waals surface area contributed by atoms with Crippen molar-refractivity contribution in [3.8, 4) is 0 Å². The molecule has 0 amide bonds. The molecule has 2 fully saturated rings. The number of benzene rings is 1. The summed E-state index contributed by atoms with van der Waals surface area (Å²) in [5.41, 5.74) is 1.69. The van der Waals surface area contributed by atoms with Crippen molar-refractivity contribution < 1.29 is 0 Å². The van der Waals surface area contributed by atoms with Crippen LogP contribution < -0.4 is 5.32 Å². The summed E-state index contributed by atoms with van der Waals surface area (Å²) in [5.74, 6) is 0.913. The van der Waals surface area contributed by atoms with Gasteiger partial charge in [-0.15, -0.1) is 0 Å². The average molecular weight is 307 g/mol. The molecule has 0 spiro atoms. The number of halogens is 1. The minimum atomic E-state index is 0.303. The van der Waals surface area contributed by atoms with Crippen molar-refractivity contribution in [2.45, 2.75) is 57.7 Å². The zero-order chi connectivity index (χ0) is 14.9. The van der Waals surface area contributed by atoms with Crippen LogP contribution >= 0.6 is 11.6 Å². The summed E-state index contributed by atoms with van der Waals surface area (Å²) in [7, 11) is 0. The smallest absolute Gasteiger partial charge is 0.0406 e. The van der Waals surface area contributed by atoms with Crippen molar-refractivity contribution in [1.29, 1.82) is 0 Å². The summed E-state index contributed by atoms with van der Waals surface area (Å²) >= 11 is 6.01. The Morgan fingerprint density at radius 2 is 1.86 bits per heavy atom. The maximum atomic E-state index is 6.01. The van der Waals surface area contributed by atoms with Gasteiger partial charge in [0, 0.05) is 36.2 Å².